The van der Waals surface area contributed by atoms with E-state index in [1.165, 1.54) is 25.7 Å². The highest BCUT2D eigenvalue weighted by atomic mass is 16.5. The molecule has 0 bridgehead atoms. The Morgan fingerprint density at radius 3 is 2.75 bits per heavy atom. The molecule has 4 heteroatoms. The second-order valence-corrected chi connectivity index (χ2v) is 5.89. The quantitative estimate of drug-likeness (QED) is 0.606. The van der Waals surface area contributed by atoms with Gasteiger partial charge in [-0.3, -0.25) is 4.79 Å². The maximum atomic E-state index is 11.8. The number of ether oxygens (including phenoxy) is 1. The van der Waals surface area contributed by atoms with Crippen molar-refractivity contribution in [1.29, 1.82) is 0 Å². The molecule has 0 saturated carbocycles. The van der Waals surface area contributed by atoms with Crippen molar-refractivity contribution in [2.45, 2.75) is 77.4 Å². The zero-order chi connectivity index (χ0) is 14.6. The lowest BCUT2D eigenvalue weighted by Crippen LogP contribution is -2.35. The molecular weight excluding hydrogens is 252 g/mol. The lowest BCUT2D eigenvalue weighted by atomic mass is 10.1. The average molecular weight is 284 g/mol. The molecular formula is C16H32N2O2. The fourth-order valence-electron chi connectivity index (χ4n) is 2.58. The van der Waals surface area contributed by atoms with Gasteiger partial charge in [-0.05, 0) is 39.3 Å². The second-order valence-electron chi connectivity index (χ2n) is 5.89. The van der Waals surface area contributed by atoms with Gasteiger partial charge in [-0.15, -0.1) is 0 Å². The van der Waals surface area contributed by atoms with E-state index < -0.39 is 0 Å². The molecule has 1 unspecified atom stereocenters. The van der Waals surface area contributed by atoms with E-state index in [1.54, 1.807) is 0 Å². The van der Waals surface area contributed by atoms with Crippen LogP contribution in [0.5, 0.6) is 0 Å². The van der Waals surface area contributed by atoms with E-state index in [4.69, 9.17) is 4.74 Å². The topological polar surface area (TPSA) is 50.4 Å². The van der Waals surface area contributed by atoms with Gasteiger partial charge in [-0.1, -0.05) is 32.6 Å². The third-order valence-electron chi connectivity index (χ3n) is 3.87. The van der Waals surface area contributed by atoms with E-state index in [9.17, 15) is 4.79 Å². The first-order valence-corrected chi connectivity index (χ1v) is 8.34. The van der Waals surface area contributed by atoms with Crippen LogP contribution < -0.4 is 10.6 Å². The molecule has 1 saturated heterocycles. The number of unbranched alkanes of at least 4 members (excludes halogenated alkanes) is 3. The first kappa shape index (κ1) is 17.4. The summed E-state index contributed by atoms with van der Waals surface area (Å²) in [6, 6.07) is 0.290. The van der Waals surface area contributed by atoms with E-state index in [-0.39, 0.29) is 5.91 Å². The van der Waals surface area contributed by atoms with Crippen LogP contribution in [0.15, 0.2) is 0 Å². The Morgan fingerprint density at radius 2 is 2.05 bits per heavy atom. The molecule has 4 nitrogen and oxygen atoms in total. The fraction of sp³-hybridized carbons (Fsp3) is 0.938. The molecule has 0 aromatic heterocycles. The van der Waals surface area contributed by atoms with Crippen LogP contribution in [0, 0.1) is 0 Å². The van der Waals surface area contributed by atoms with Gasteiger partial charge in [0.15, 0.2) is 0 Å². The lowest BCUT2D eigenvalue weighted by Gasteiger charge is -2.23. The fourth-order valence-corrected chi connectivity index (χ4v) is 2.58. The van der Waals surface area contributed by atoms with Crippen molar-refractivity contribution in [3.05, 3.63) is 0 Å². The third kappa shape index (κ3) is 8.54. The number of carbonyl (C=O) groups excluding carboxylic acids is 1. The highest BCUT2D eigenvalue weighted by Crippen LogP contribution is 2.08. The van der Waals surface area contributed by atoms with Crippen LogP contribution in [0.25, 0.3) is 0 Å². The Morgan fingerprint density at radius 1 is 1.30 bits per heavy atom. The second kappa shape index (κ2) is 11.1. The van der Waals surface area contributed by atoms with Crippen LogP contribution in [-0.2, 0) is 9.53 Å². The number of piperidine rings is 1. The van der Waals surface area contributed by atoms with Crippen LogP contribution in [0.2, 0.25) is 0 Å². The van der Waals surface area contributed by atoms with Crippen molar-refractivity contribution < 1.29 is 9.53 Å². The molecule has 0 radical (unpaired) electrons. The normalized spacial score (nSPS) is 17.9. The number of hydrogen-bond donors (Lipinski definition) is 2. The molecule has 0 spiro atoms. The molecule has 0 aromatic rings. The Bertz CT molecular complexity index is 253. The zero-order valence-electron chi connectivity index (χ0n) is 13.2. The number of amides is 1. The minimum Gasteiger partial charge on any atom is -0.378 e. The van der Waals surface area contributed by atoms with Crippen molar-refractivity contribution in [2.24, 2.45) is 0 Å². The van der Waals surface area contributed by atoms with Crippen LogP contribution in [0.4, 0.5) is 0 Å². The Balaban J connectivity index is 1.98. The molecule has 0 aliphatic carbocycles. The maximum Gasteiger partial charge on any atom is 0.222 e. The first-order chi connectivity index (χ1) is 9.72. The predicted octanol–water partition coefficient (Wildman–Crippen LogP) is 2.62. The largest absolute Gasteiger partial charge is 0.378 e. The van der Waals surface area contributed by atoms with Gasteiger partial charge < -0.3 is 15.4 Å². The van der Waals surface area contributed by atoms with E-state index >= 15 is 0 Å². The molecule has 20 heavy (non-hydrogen) atoms. The van der Waals surface area contributed by atoms with Crippen molar-refractivity contribution in [1.82, 2.24) is 10.6 Å². The summed E-state index contributed by atoms with van der Waals surface area (Å²) >= 11 is 0. The summed E-state index contributed by atoms with van der Waals surface area (Å²) in [5.74, 6) is 0.127. The Labute approximate surface area is 124 Å². The summed E-state index contributed by atoms with van der Waals surface area (Å²) in [6.07, 6.45) is 9.08. The summed E-state index contributed by atoms with van der Waals surface area (Å²) in [7, 11) is 0. The minimum atomic E-state index is 0.127. The molecule has 1 atom stereocenters. The van der Waals surface area contributed by atoms with Crippen LogP contribution in [0.3, 0.4) is 0 Å². The molecule has 1 rings (SSSR count). The monoisotopic (exact) mass is 284 g/mol. The van der Waals surface area contributed by atoms with E-state index in [1.807, 2.05) is 0 Å². The predicted molar refractivity (Wildman–Crippen MR) is 82.8 cm³/mol. The third-order valence-corrected chi connectivity index (χ3v) is 3.87. The average Bonchev–Trinajstić information content (AvgIpc) is 2.45. The smallest absolute Gasteiger partial charge is 0.222 e. The van der Waals surface area contributed by atoms with Gasteiger partial charge >= 0.3 is 0 Å². The zero-order valence-corrected chi connectivity index (χ0v) is 13.2. The Hall–Kier alpha value is -0.610. The summed E-state index contributed by atoms with van der Waals surface area (Å²) in [5.41, 5.74) is 0. The minimum absolute atomic E-state index is 0.127. The van der Waals surface area contributed by atoms with E-state index in [2.05, 4.69) is 24.5 Å². The number of nitrogens with one attached hydrogen (secondary N) is 2. The number of hydrogen-bond acceptors (Lipinski definition) is 3. The molecule has 1 aliphatic rings. The molecule has 1 aliphatic heterocycles. The summed E-state index contributed by atoms with van der Waals surface area (Å²) in [5, 5.41) is 6.37. The highest BCUT2D eigenvalue weighted by molar-refractivity contribution is 5.76. The van der Waals surface area contributed by atoms with E-state index in [0.29, 0.717) is 25.2 Å². The van der Waals surface area contributed by atoms with Crippen molar-refractivity contribution in [3.8, 4) is 0 Å². The van der Waals surface area contributed by atoms with Gasteiger partial charge in [0.25, 0.3) is 0 Å². The van der Waals surface area contributed by atoms with Gasteiger partial charge in [0.2, 0.25) is 5.91 Å². The number of rotatable bonds is 10. The molecule has 1 amide bonds. The standard InChI is InChI=1S/C16H32N2O2/c1-3-4-5-6-7-14(2)18-16(19)10-13-20-15-8-11-17-12-9-15/h14-15,17H,3-13H2,1-2H3,(H,18,19). The van der Waals surface area contributed by atoms with Crippen LogP contribution in [-0.4, -0.2) is 37.7 Å². The molecule has 2 N–H and O–H groups in total. The van der Waals surface area contributed by atoms with Crippen molar-refractivity contribution >= 4 is 5.91 Å². The first-order valence-electron chi connectivity index (χ1n) is 8.34. The van der Waals surface area contributed by atoms with Gasteiger partial charge in [0.05, 0.1) is 12.7 Å². The molecule has 118 valence electrons. The summed E-state index contributed by atoms with van der Waals surface area (Å²) in [4.78, 5) is 11.8. The van der Waals surface area contributed by atoms with Gasteiger partial charge in [-0.2, -0.15) is 0 Å². The SMILES string of the molecule is CCCCCCC(C)NC(=O)CCOC1CCNCC1. The van der Waals surface area contributed by atoms with Crippen LogP contribution >= 0.6 is 0 Å². The van der Waals surface area contributed by atoms with Gasteiger partial charge in [-0.25, -0.2) is 0 Å². The van der Waals surface area contributed by atoms with E-state index in [0.717, 1.165) is 32.4 Å². The van der Waals surface area contributed by atoms with Crippen molar-refractivity contribution in [2.75, 3.05) is 19.7 Å². The molecule has 1 heterocycles. The molecule has 1 fully saturated rings. The summed E-state index contributed by atoms with van der Waals surface area (Å²) in [6.45, 7) is 6.93. The summed E-state index contributed by atoms with van der Waals surface area (Å²) < 4.78 is 5.75. The maximum absolute atomic E-state index is 11.8. The number of carbonyl (C=O) groups is 1. The van der Waals surface area contributed by atoms with Crippen molar-refractivity contribution in [3.63, 3.8) is 0 Å². The molecule has 0 aromatic carbocycles. The lowest BCUT2D eigenvalue weighted by molar-refractivity contribution is -0.123. The van der Waals surface area contributed by atoms with Gasteiger partial charge in [0.1, 0.15) is 0 Å². The Kier molecular flexibility index (Phi) is 9.67. The highest BCUT2D eigenvalue weighted by Gasteiger charge is 2.14. The van der Waals surface area contributed by atoms with Crippen LogP contribution in [0.1, 0.15) is 65.2 Å². The van der Waals surface area contributed by atoms with Gasteiger partial charge in [0, 0.05) is 12.5 Å².